The summed E-state index contributed by atoms with van der Waals surface area (Å²) in [6.45, 7) is 3.56. The molecule has 0 radical (unpaired) electrons. The van der Waals surface area contributed by atoms with Crippen molar-refractivity contribution in [2.75, 3.05) is 32.8 Å². The molecule has 2 saturated heterocycles. The zero-order chi connectivity index (χ0) is 18.6. The number of nitrogens with zero attached hydrogens (tertiary/aromatic N) is 2. The average Bonchev–Trinajstić information content (AvgIpc) is 3.25. The van der Waals surface area contributed by atoms with E-state index in [2.05, 4.69) is 0 Å². The van der Waals surface area contributed by atoms with Crippen molar-refractivity contribution in [2.45, 2.75) is 25.7 Å². The number of piperidine rings is 1. The molecule has 2 fully saturated rings. The normalized spacial score (nSPS) is 20.9. The molecular weight excluding hydrogens is 340 g/mol. The van der Waals surface area contributed by atoms with Crippen molar-refractivity contribution in [3.8, 4) is 0 Å². The van der Waals surface area contributed by atoms with Gasteiger partial charge in [-0.25, -0.2) is 0 Å². The lowest BCUT2D eigenvalue weighted by Gasteiger charge is -2.32. The number of fused-ring (bicyclic) bond motifs is 1. The van der Waals surface area contributed by atoms with E-state index in [9.17, 15) is 9.59 Å². The number of amides is 1. The fraction of sp³-hybridized carbons (Fsp3) is 0.455. The first-order chi connectivity index (χ1) is 13.2. The number of carbonyl (C=O) groups is 2. The van der Waals surface area contributed by atoms with Gasteiger partial charge in [0.25, 0.3) is 0 Å². The standard InChI is InChI=1S/C22H26N2O3/c25-21(11-14-24-13-5-15-27-24)23-12-4-8-18(16-23)22(26)20-10-3-7-17-6-1-2-9-19(17)20/h1-3,6-7,9-10,18H,4-5,8,11-16H2/t18-/m0/s1. The maximum Gasteiger partial charge on any atom is 0.223 e. The van der Waals surface area contributed by atoms with Crippen molar-refractivity contribution in [3.05, 3.63) is 48.0 Å². The van der Waals surface area contributed by atoms with Gasteiger partial charge in [0.15, 0.2) is 5.78 Å². The van der Waals surface area contributed by atoms with Gasteiger partial charge >= 0.3 is 0 Å². The Morgan fingerprint density at radius 1 is 1.04 bits per heavy atom. The van der Waals surface area contributed by atoms with Crippen LogP contribution in [0.5, 0.6) is 0 Å². The molecule has 0 saturated carbocycles. The molecule has 2 aliphatic heterocycles. The van der Waals surface area contributed by atoms with E-state index in [1.165, 1.54) is 0 Å². The minimum absolute atomic E-state index is 0.114. The highest BCUT2D eigenvalue weighted by Gasteiger charge is 2.30. The molecule has 2 aliphatic rings. The summed E-state index contributed by atoms with van der Waals surface area (Å²) in [6.07, 6.45) is 3.21. The summed E-state index contributed by atoms with van der Waals surface area (Å²) in [6, 6.07) is 13.9. The third-order valence-electron chi connectivity index (χ3n) is 5.60. The number of rotatable bonds is 5. The molecule has 2 heterocycles. The number of benzene rings is 2. The Hall–Kier alpha value is -2.24. The van der Waals surface area contributed by atoms with Crippen molar-refractivity contribution < 1.29 is 14.4 Å². The maximum absolute atomic E-state index is 13.2. The van der Waals surface area contributed by atoms with E-state index in [1.807, 2.05) is 52.4 Å². The van der Waals surface area contributed by atoms with Crippen LogP contribution < -0.4 is 0 Å². The molecule has 5 heteroatoms. The molecule has 1 amide bonds. The molecule has 2 aromatic rings. The van der Waals surface area contributed by atoms with Gasteiger partial charge in [-0.05, 0) is 30.0 Å². The van der Waals surface area contributed by atoms with Crippen molar-refractivity contribution >= 4 is 22.5 Å². The lowest BCUT2D eigenvalue weighted by atomic mass is 9.88. The Bertz CT molecular complexity index is 824. The molecule has 142 valence electrons. The van der Waals surface area contributed by atoms with E-state index in [0.29, 0.717) is 19.5 Å². The van der Waals surface area contributed by atoms with Gasteiger partial charge in [-0.2, -0.15) is 5.06 Å². The minimum atomic E-state index is -0.114. The van der Waals surface area contributed by atoms with Crippen molar-refractivity contribution in [3.63, 3.8) is 0 Å². The zero-order valence-corrected chi connectivity index (χ0v) is 15.6. The molecule has 2 aromatic carbocycles. The Morgan fingerprint density at radius 3 is 2.74 bits per heavy atom. The van der Waals surface area contributed by atoms with E-state index in [4.69, 9.17) is 4.84 Å². The molecule has 0 aromatic heterocycles. The van der Waals surface area contributed by atoms with Crippen molar-refractivity contribution in [1.82, 2.24) is 9.96 Å². The van der Waals surface area contributed by atoms with Gasteiger partial charge in [0.2, 0.25) is 5.91 Å². The van der Waals surface area contributed by atoms with E-state index in [1.54, 1.807) is 0 Å². The van der Waals surface area contributed by atoms with Crippen LogP contribution in [-0.2, 0) is 9.63 Å². The van der Waals surface area contributed by atoms with Crippen LogP contribution in [0.4, 0.5) is 0 Å². The second kappa shape index (κ2) is 8.19. The predicted molar refractivity (Wildman–Crippen MR) is 104 cm³/mol. The number of ketones is 1. The lowest BCUT2D eigenvalue weighted by Crippen LogP contribution is -2.43. The van der Waals surface area contributed by atoms with Crippen LogP contribution in [-0.4, -0.2) is 54.4 Å². The largest absolute Gasteiger partial charge is 0.342 e. The van der Waals surface area contributed by atoms with Gasteiger partial charge in [-0.1, -0.05) is 42.5 Å². The van der Waals surface area contributed by atoms with Gasteiger partial charge in [0.05, 0.1) is 6.61 Å². The molecule has 27 heavy (non-hydrogen) atoms. The topological polar surface area (TPSA) is 49.9 Å². The molecule has 5 nitrogen and oxygen atoms in total. The van der Waals surface area contributed by atoms with Crippen molar-refractivity contribution in [1.29, 1.82) is 0 Å². The fourth-order valence-electron chi connectivity index (χ4n) is 4.13. The van der Waals surface area contributed by atoms with E-state index in [-0.39, 0.29) is 17.6 Å². The second-order valence-electron chi connectivity index (χ2n) is 7.44. The molecule has 0 N–H and O–H groups in total. The summed E-state index contributed by atoms with van der Waals surface area (Å²) in [5.41, 5.74) is 0.776. The molecule has 1 atom stereocenters. The van der Waals surface area contributed by atoms with Gasteiger partial charge in [0.1, 0.15) is 0 Å². The second-order valence-corrected chi connectivity index (χ2v) is 7.44. The van der Waals surface area contributed by atoms with Crippen molar-refractivity contribution in [2.24, 2.45) is 5.92 Å². The van der Waals surface area contributed by atoms with Crippen LogP contribution in [0.1, 0.15) is 36.0 Å². The number of likely N-dealkylation sites (tertiary alicyclic amines) is 1. The summed E-state index contributed by atoms with van der Waals surface area (Å²) in [5.74, 6) is 0.171. The van der Waals surface area contributed by atoms with E-state index in [0.717, 1.165) is 55.3 Å². The van der Waals surface area contributed by atoms with Crippen LogP contribution >= 0.6 is 0 Å². The Kier molecular flexibility index (Phi) is 5.50. The predicted octanol–water partition coefficient (Wildman–Crippen LogP) is 3.29. The Morgan fingerprint density at radius 2 is 1.89 bits per heavy atom. The summed E-state index contributed by atoms with van der Waals surface area (Å²) >= 11 is 0. The van der Waals surface area contributed by atoms with Crippen LogP contribution in [0.2, 0.25) is 0 Å². The average molecular weight is 366 g/mol. The lowest BCUT2D eigenvalue weighted by molar-refractivity contribution is -0.139. The van der Waals surface area contributed by atoms with Crippen LogP contribution in [0, 0.1) is 5.92 Å². The highest BCUT2D eigenvalue weighted by atomic mass is 16.7. The number of Topliss-reactive ketones (excluding diaryl/α,β-unsaturated/α-hetero) is 1. The van der Waals surface area contributed by atoms with E-state index >= 15 is 0 Å². The molecule has 0 spiro atoms. The first-order valence-corrected chi connectivity index (χ1v) is 9.90. The first-order valence-electron chi connectivity index (χ1n) is 9.90. The monoisotopic (exact) mass is 366 g/mol. The number of hydroxylamine groups is 2. The molecule has 0 aliphatic carbocycles. The number of hydrogen-bond donors (Lipinski definition) is 0. The third kappa shape index (κ3) is 4.04. The third-order valence-corrected chi connectivity index (χ3v) is 5.60. The molecule has 4 rings (SSSR count). The zero-order valence-electron chi connectivity index (χ0n) is 15.6. The van der Waals surface area contributed by atoms with Crippen LogP contribution in [0.25, 0.3) is 10.8 Å². The highest BCUT2D eigenvalue weighted by molar-refractivity contribution is 6.09. The summed E-state index contributed by atoms with van der Waals surface area (Å²) in [4.78, 5) is 33.1. The molecule has 0 bridgehead atoms. The van der Waals surface area contributed by atoms with Gasteiger partial charge in [0, 0.05) is 44.1 Å². The summed E-state index contributed by atoms with van der Waals surface area (Å²) < 4.78 is 0. The summed E-state index contributed by atoms with van der Waals surface area (Å²) in [5, 5.41) is 3.96. The Balaban J connectivity index is 1.42. The van der Waals surface area contributed by atoms with E-state index < -0.39 is 0 Å². The fourth-order valence-corrected chi connectivity index (χ4v) is 4.13. The quantitative estimate of drug-likeness (QED) is 0.762. The van der Waals surface area contributed by atoms with Crippen LogP contribution in [0.3, 0.4) is 0 Å². The first kappa shape index (κ1) is 18.1. The van der Waals surface area contributed by atoms with Crippen LogP contribution in [0.15, 0.2) is 42.5 Å². The number of hydrogen-bond acceptors (Lipinski definition) is 4. The minimum Gasteiger partial charge on any atom is -0.342 e. The summed E-state index contributed by atoms with van der Waals surface area (Å²) in [7, 11) is 0. The molecule has 0 unspecified atom stereocenters. The number of carbonyl (C=O) groups excluding carboxylic acids is 2. The van der Waals surface area contributed by atoms with Gasteiger partial charge in [-0.3, -0.25) is 14.4 Å². The van der Waals surface area contributed by atoms with Gasteiger partial charge < -0.3 is 4.90 Å². The molecular formula is C22H26N2O3. The smallest absolute Gasteiger partial charge is 0.223 e. The Labute approximate surface area is 159 Å². The highest BCUT2D eigenvalue weighted by Crippen LogP contribution is 2.26. The van der Waals surface area contributed by atoms with Gasteiger partial charge in [-0.15, -0.1) is 0 Å². The SMILES string of the molecule is O=C(c1cccc2ccccc12)[C@H]1CCCN(C(=O)CCN2CCCO2)C1. The maximum atomic E-state index is 13.2.